The summed E-state index contributed by atoms with van der Waals surface area (Å²) < 4.78 is 76.7. The summed E-state index contributed by atoms with van der Waals surface area (Å²) in [6, 6.07) is 3.18. The van der Waals surface area contributed by atoms with Crippen molar-refractivity contribution >= 4 is 43.4 Å². The van der Waals surface area contributed by atoms with E-state index >= 15 is 0 Å². The summed E-state index contributed by atoms with van der Waals surface area (Å²) in [7, 11) is 4.32. The maximum atomic E-state index is 14.8. The molecule has 2 aromatic carbocycles. The SMILES string of the molecule is C=C=C=C=C=C=C=C=C=C=C=C=C=C=C=C=C=C=C=C=C=C=C=C=C=C=C=C=C=C=C=C=C=C=C=C=C=C=C=C=C=C=C=C=C=C=C=C=C=C=C=C=C=C=C=C=C=C=C=C=C=C=C=C=C=C=C=C=C=C=C=C=C=C=C=C=C=C=C=C=C=C=C.CN1CCCn2c(-c3cc(Cl)c(F)cc3F)nc(C(=O)O)c2C1.Cc1nnc([C@@H](NC(=O)c2nc(-c3cc(Cl)c(F)cc3F)n3c2CN(C)CCC3)C(C)(C)C)o1.[3H][B][3H].[U]. The summed E-state index contributed by atoms with van der Waals surface area (Å²) >= 11 is 11.7. The van der Waals surface area contributed by atoms with Gasteiger partial charge < -0.3 is 33.8 Å². The van der Waals surface area contributed by atoms with E-state index in [1.54, 1.807) is 11.5 Å². The average Bonchev–Trinajstić information content (AvgIpc) is 1.62. The van der Waals surface area contributed by atoms with Crippen molar-refractivity contribution in [3.63, 3.8) is 0 Å². The average molecular weight is 2090 g/mol. The minimum absolute atomic E-state index is 0. The normalized spacial score (nSPS) is 8.65. The van der Waals surface area contributed by atoms with Crippen molar-refractivity contribution < 1.29 is 67.8 Å². The second-order valence-electron chi connectivity index (χ2n) is 25.4. The molecule has 0 bridgehead atoms. The zero-order valence-corrected chi connectivity index (χ0v) is 80.7. The number of nitrogens with one attached hydrogen (secondary N) is 1. The van der Waals surface area contributed by atoms with Crippen LogP contribution in [0.15, 0.2) is 506 Å². The molecule has 649 valence electrons. The molecule has 0 fully saturated rings. The number of carboxylic acids is 1. The molecule has 0 aliphatic carbocycles. The number of carboxylic acid groups (broad SMARTS) is 1. The van der Waals surface area contributed by atoms with Crippen molar-refractivity contribution in [3.05, 3.63) is 570 Å². The van der Waals surface area contributed by atoms with Gasteiger partial charge in [-0.05, 0) is 165 Å². The zero-order valence-electron chi connectivity index (χ0n) is 77.1. The summed E-state index contributed by atoms with van der Waals surface area (Å²) in [5.74, 6) is -3.90. The maximum absolute atomic E-state index is 14.8. The van der Waals surface area contributed by atoms with Gasteiger partial charge >= 0.3 is 5.97 Å². The van der Waals surface area contributed by atoms with Gasteiger partial charge in [0.2, 0.25) is 11.8 Å². The first-order valence-corrected chi connectivity index (χ1v) is 39.5. The fourth-order valence-corrected chi connectivity index (χ4v) is 9.69. The molecular weight excluding hydrogens is 2040 g/mol. The fourth-order valence-electron chi connectivity index (χ4n) is 9.37. The summed E-state index contributed by atoms with van der Waals surface area (Å²) in [5.41, 5.74) is 203. The van der Waals surface area contributed by atoms with Crippen LogP contribution >= 0.6 is 23.2 Å². The molecule has 2 aliphatic rings. The van der Waals surface area contributed by atoms with E-state index < -0.39 is 46.6 Å². The molecule has 21 heteroatoms. The van der Waals surface area contributed by atoms with Crippen LogP contribution in [-0.2, 0) is 26.2 Å². The van der Waals surface area contributed by atoms with Crippen molar-refractivity contribution in [2.75, 3.05) is 27.2 Å². The fraction of sp³-hybridized carbons (Fsp3) is 0.132. The molecule has 1 radical (unpaired) electrons. The number of hydrogen-bond donors (Lipinski definition) is 2. The van der Waals surface area contributed by atoms with Crippen LogP contribution in [0.3, 0.4) is 0 Å². The van der Waals surface area contributed by atoms with Gasteiger partial charge in [-0.3, -0.25) is 4.79 Å². The number of aryl methyl sites for hydroxylation is 1. The Hall–Kier alpha value is -21.8. The zero-order chi connectivity index (χ0) is 103. The molecule has 0 spiro atoms. The predicted octanol–water partition coefficient (Wildman–Crippen LogP) is 20.0. The molecule has 1 amide bonds. The van der Waals surface area contributed by atoms with E-state index in [2.05, 4.69) is 508 Å². The molecule has 5 heterocycles. The van der Waals surface area contributed by atoms with Crippen LogP contribution in [0.4, 0.5) is 17.6 Å². The number of hydrogen-bond acceptors (Lipinski definition) is 9. The molecule has 2 aliphatic heterocycles. The van der Waals surface area contributed by atoms with Gasteiger partial charge in [0.05, 0.1) is 40.9 Å². The van der Waals surface area contributed by atoms with Crippen LogP contribution in [-0.4, -0.2) is 94.3 Å². The molecule has 5 aromatic rings. The van der Waals surface area contributed by atoms with E-state index in [1.165, 1.54) is 6.07 Å². The standard InChI is InChI=1S/C83H4.C23H27ClF2N6O2.C15H14ClF2N3O2.BH2.U/c1-3-5-7-9-11-13-15-17-19-21-23-25-27-29-31-33-35-37-39-41-43-45-47-49-51-53-55-57-59-61-63-65-67-69-71-73-75-77-79-81-83-82-80-78-76-74-72-70-68-66-64-62-60-58-56-54-52-50-48-46-44-42-40-38-36-34-32-30-28-26-24-22-20-18-16-14-12-10-8-6-4-2;1-12-29-30-22(34-12)19(23(2,3)4)28-21(33)18-17-11-31(5)7-6-8-32(17)20(27-18)13-9-14(24)16(26)10-15(13)25;1-20-3-2-4-21-12(7-20)13(15(22)23)19-14(21)8-5-9(16)11(18)6-10(8)17;;/h1-2H2;9-10,19H,6-8,11H2,1-5H3,(H,28,33);5-6H,2-4,7H2,1H3,(H,22,23);1H2;/t;19-;;;/m.1.../s1/i;;;1T2;. The largest absolute Gasteiger partial charge is 0.476 e. The Morgan fingerprint density at radius 1 is 0.380 bits per heavy atom. The van der Waals surface area contributed by atoms with Crippen molar-refractivity contribution in [2.24, 2.45) is 5.41 Å². The van der Waals surface area contributed by atoms with Gasteiger partial charge in [-0.25, -0.2) is 32.3 Å². The Morgan fingerprint density at radius 2 is 0.592 bits per heavy atom. The second-order valence-corrected chi connectivity index (χ2v) is 26.2. The first kappa shape index (κ1) is 111. The first-order valence-electron chi connectivity index (χ1n) is 39.9. The number of halogens is 6. The molecule has 13 nitrogen and oxygen atoms in total. The van der Waals surface area contributed by atoms with E-state index in [0.29, 0.717) is 57.9 Å². The Bertz CT molecular complexity index is 9380. The Labute approximate surface area is 849 Å². The minimum atomic E-state index is -1.18. The van der Waals surface area contributed by atoms with E-state index in [9.17, 15) is 32.3 Å². The number of nitrogens with zero attached hydrogens (tertiary/aromatic N) is 8. The van der Waals surface area contributed by atoms with Crippen molar-refractivity contribution in [3.8, 4) is 22.8 Å². The van der Waals surface area contributed by atoms with Gasteiger partial charge in [0, 0.05) is 437 Å². The molecular formula is C121H47BCl2F4N9O4U. The van der Waals surface area contributed by atoms with E-state index in [-0.39, 0.29) is 81.2 Å². The molecule has 0 saturated heterocycles. The van der Waals surface area contributed by atoms with Crippen LogP contribution < -0.4 is 5.32 Å². The van der Waals surface area contributed by atoms with Gasteiger partial charge in [-0.15, -0.1) is 10.2 Å². The van der Waals surface area contributed by atoms with Gasteiger partial charge in [-0.1, -0.05) is 55.4 Å². The predicted molar refractivity (Wildman–Crippen MR) is 507 cm³/mol. The molecule has 142 heavy (non-hydrogen) atoms. The number of amides is 1. The van der Waals surface area contributed by atoms with Crippen molar-refractivity contribution in [1.82, 2.24) is 44.4 Å². The summed E-state index contributed by atoms with van der Waals surface area (Å²) in [6.45, 7) is 17.6. The third kappa shape index (κ3) is 49.4. The van der Waals surface area contributed by atoms with E-state index in [0.717, 1.165) is 38.1 Å². The van der Waals surface area contributed by atoms with E-state index in [1.807, 2.05) is 44.3 Å². The number of aromatic nitrogens is 6. The van der Waals surface area contributed by atoms with Gasteiger partial charge in [0.25, 0.3) is 5.91 Å². The van der Waals surface area contributed by atoms with Gasteiger partial charge in [0.1, 0.15) is 41.0 Å². The number of imidazole rings is 2. The minimum Gasteiger partial charge on any atom is -0.476 e. The first-order chi connectivity index (χ1) is 69.7. The van der Waals surface area contributed by atoms with Crippen LogP contribution in [0, 0.1) is 66.7 Å². The Kier molecular flexibility index (Phi) is 56.1. The maximum Gasteiger partial charge on any atom is 0.356 e. The van der Waals surface area contributed by atoms with Crippen LogP contribution in [0.1, 0.15) is 83.8 Å². The van der Waals surface area contributed by atoms with Crippen LogP contribution in [0.5, 0.6) is 0 Å². The van der Waals surface area contributed by atoms with Crippen molar-refractivity contribution in [1.29, 1.82) is 2.67 Å². The number of benzene rings is 2. The van der Waals surface area contributed by atoms with E-state index in [4.69, 9.17) is 30.3 Å². The molecule has 1 atom stereocenters. The third-order valence-electron chi connectivity index (χ3n) is 14.7. The van der Waals surface area contributed by atoms with Crippen molar-refractivity contribution in [2.45, 2.75) is 72.8 Å². The summed E-state index contributed by atoms with van der Waals surface area (Å²) in [5, 5.41) is 19.9. The summed E-state index contributed by atoms with van der Waals surface area (Å²) in [6.07, 6.45) is 1.54. The number of rotatable bonds is 6. The molecule has 2 N–H and O–H groups in total. The van der Waals surface area contributed by atoms with Crippen LogP contribution in [0.25, 0.3) is 22.8 Å². The Morgan fingerprint density at radius 3 is 0.789 bits per heavy atom. The Balaban J connectivity index is 0.000000694. The van der Waals surface area contributed by atoms with Gasteiger partial charge in [0.15, 0.2) is 11.4 Å². The third-order valence-corrected chi connectivity index (χ3v) is 15.3. The number of fused-ring (bicyclic) bond motifs is 2. The smallest absolute Gasteiger partial charge is 0.356 e. The molecule has 0 saturated carbocycles. The topological polar surface area (TPSA) is 147 Å². The van der Waals surface area contributed by atoms with Crippen LogP contribution in [0.2, 0.25) is 10.0 Å². The molecule has 3 aromatic heterocycles. The summed E-state index contributed by atoms with van der Waals surface area (Å²) in [4.78, 5) is 37.7. The van der Waals surface area contributed by atoms with Gasteiger partial charge in [-0.2, -0.15) is 0 Å². The second kappa shape index (κ2) is 71.9. The molecule has 0 unspecified atom stereocenters. The monoisotopic (exact) mass is 2090 g/mol. The number of aromatic carboxylic acids is 1. The number of carbonyl (C=O) groups excluding carboxylic acids is 1. The quantitative estimate of drug-likeness (QED) is 0.0729. The molecule has 7 rings (SSSR count). The number of carbonyl (C=O) groups is 2.